The van der Waals surface area contributed by atoms with Crippen LogP contribution in [0.15, 0.2) is 24.3 Å². The largest absolute Gasteiger partial charge is 0.356 e. The molecule has 1 aromatic heterocycles. The second-order valence-electron chi connectivity index (χ2n) is 4.66. The summed E-state index contributed by atoms with van der Waals surface area (Å²) in [6.45, 7) is 3.10. The molecule has 1 aliphatic carbocycles. The molecule has 0 spiro atoms. The standard InChI is InChI=1S/C13H15ClN2/c1-8-6-11(8)15-7-12-13(14)9-4-2-3-5-10(9)16-12/h2-5,8,11,15-16H,6-7H2,1H3. The zero-order valence-corrected chi connectivity index (χ0v) is 10.0. The van der Waals surface area contributed by atoms with Crippen molar-refractivity contribution in [1.82, 2.24) is 10.3 Å². The van der Waals surface area contributed by atoms with Crippen molar-refractivity contribution in [3.05, 3.63) is 35.0 Å². The van der Waals surface area contributed by atoms with Crippen molar-refractivity contribution in [3.63, 3.8) is 0 Å². The van der Waals surface area contributed by atoms with Crippen LogP contribution >= 0.6 is 11.6 Å². The molecule has 2 aromatic rings. The van der Waals surface area contributed by atoms with Crippen LogP contribution in [-0.4, -0.2) is 11.0 Å². The number of hydrogen-bond donors (Lipinski definition) is 2. The van der Waals surface area contributed by atoms with Crippen LogP contribution in [-0.2, 0) is 6.54 Å². The third-order valence-electron chi connectivity index (χ3n) is 3.36. The third-order valence-corrected chi connectivity index (χ3v) is 3.80. The van der Waals surface area contributed by atoms with Gasteiger partial charge in [0.1, 0.15) is 0 Å². The molecule has 0 amide bonds. The van der Waals surface area contributed by atoms with Gasteiger partial charge in [0, 0.05) is 29.2 Å². The van der Waals surface area contributed by atoms with Crippen molar-refractivity contribution >= 4 is 22.5 Å². The lowest BCUT2D eigenvalue weighted by Gasteiger charge is -2.01. The highest BCUT2D eigenvalue weighted by Gasteiger charge is 2.31. The summed E-state index contributed by atoms with van der Waals surface area (Å²) in [6, 6.07) is 8.84. The van der Waals surface area contributed by atoms with E-state index in [0.29, 0.717) is 6.04 Å². The van der Waals surface area contributed by atoms with E-state index in [2.05, 4.69) is 29.4 Å². The summed E-state index contributed by atoms with van der Waals surface area (Å²) in [7, 11) is 0. The van der Waals surface area contributed by atoms with Crippen LogP contribution in [0.1, 0.15) is 19.0 Å². The molecule has 0 aliphatic heterocycles. The Morgan fingerprint density at radius 3 is 2.88 bits per heavy atom. The van der Waals surface area contributed by atoms with Gasteiger partial charge < -0.3 is 10.3 Å². The number of benzene rings is 1. The van der Waals surface area contributed by atoms with Crippen LogP contribution in [0.2, 0.25) is 5.02 Å². The summed E-state index contributed by atoms with van der Waals surface area (Å²) in [5.41, 5.74) is 2.22. The fraction of sp³-hybridized carbons (Fsp3) is 0.385. The first-order chi connectivity index (χ1) is 7.75. The maximum Gasteiger partial charge on any atom is 0.0705 e. The molecule has 3 heteroatoms. The molecule has 2 N–H and O–H groups in total. The number of aromatic nitrogens is 1. The molecule has 1 aromatic carbocycles. The van der Waals surface area contributed by atoms with Crippen molar-refractivity contribution in [1.29, 1.82) is 0 Å². The normalized spacial score (nSPS) is 23.9. The van der Waals surface area contributed by atoms with Gasteiger partial charge in [0.15, 0.2) is 0 Å². The van der Waals surface area contributed by atoms with Crippen LogP contribution in [0.3, 0.4) is 0 Å². The number of nitrogens with one attached hydrogen (secondary N) is 2. The first kappa shape index (κ1) is 10.2. The van der Waals surface area contributed by atoms with Crippen LogP contribution in [0.5, 0.6) is 0 Å². The average molecular weight is 235 g/mol. The van der Waals surface area contributed by atoms with Crippen molar-refractivity contribution in [3.8, 4) is 0 Å². The molecule has 16 heavy (non-hydrogen) atoms. The van der Waals surface area contributed by atoms with Gasteiger partial charge >= 0.3 is 0 Å². The smallest absolute Gasteiger partial charge is 0.0705 e. The van der Waals surface area contributed by atoms with Crippen LogP contribution in [0.4, 0.5) is 0 Å². The minimum absolute atomic E-state index is 0.683. The van der Waals surface area contributed by atoms with E-state index < -0.39 is 0 Å². The number of para-hydroxylation sites is 1. The zero-order chi connectivity index (χ0) is 11.1. The van der Waals surface area contributed by atoms with E-state index in [-0.39, 0.29) is 0 Å². The van der Waals surface area contributed by atoms with Crippen LogP contribution in [0.25, 0.3) is 10.9 Å². The molecule has 2 nitrogen and oxygen atoms in total. The summed E-state index contributed by atoms with van der Waals surface area (Å²) in [6.07, 6.45) is 1.29. The number of hydrogen-bond acceptors (Lipinski definition) is 1. The molecular weight excluding hydrogens is 220 g/mol. The van der Waals surface area contributed by atoms with Crippen molar-refractivity contribution < 1.29 is 0 Å². The molecule has 3 rings (SSSR count). The Labute approximate surface area is 100.0 Å². The maximum absolute atomic E-state index is 6.33. The number of H-pyrrole nitrogens is 1. The lowest BCUT2D eigenvalue weighted by atomic mass is 10.2. The molecule has 1 saturated carbocycles. The van der Waals surface area contributed by atoms with Crippen molar-refractivity contribution in [2.24, 2.45) is 5.92 Å². The van der Waals surface area contributed by atoms with Crippen LogP contribution in [0, 0.1) is 5.92 Å². The van der Waals surface area contributed by atoms with E-state index in [1.807, 2.05) is 12.1 Å². The summed E-state index contributed by atoms with van der Waals surface area (Å²) in [4.78, 5) is 3.37. The monoisotopic (exact) mass is 234 g/mol. The Kier molecular flexibility index (Phi) is 2.41. The fourth-order valence-electron chi connectivity index (χ4n) is 2.12. The molecule has 84 valence electrons. The molecule has 1 heterocycles. The predicted octanol–water partition coefficient (Wildman–Crippen LogP) is 3.32. The minimum atomic E-state index is 0.683. The Morgan fingerprint density at radius 2 is 2.19 bits per heavy atom. The predicted molar refractivity (Wildman–Crippen MR) is 67.7 cm³/mol. The maximum atomic E-state index is 6.33. The first-order valence-corrected chi connectivity index (χ1v) is 6.12. The van der Waals surface area contributed by atoms with E-state index >= 15 is 0 Å². The Balaban J connectivity index is 1.83. The average Bonchev–Trinajstić information content (AvgIpc) is 2.90. The molecule has 0 bridgehead atoms. The van der Waals surface area contributed by atoms with E-state index in [1.165, 1.54) is 6.42 Å². The number of aromatic amines is 1. The quantitative estimate of drug-likeness (QED) is 0.838. The lowest BCUT2D eigenvalue weighted by Crippen LogP contribution is -2.17. The zero-order valence-electron chi connectivity index (χ0n) is 9.26. The van der Waals surface area contributed by atoms with Gasteiger partial charge in [-0.05, 0) is 18.4 Å². The van der Waals surface area contributed by atoms with Gasteiger partial charge in [-0.15, -0.1) is 0 Å². The van der Waals surface area contributed by atoms with Crippen molar-refractivity contribution in [2.45, 2.75) is 25.9 Å². The Bertz CT molecular complexity index is 518. The highest BCUT2D eigenvalue weighted by Crippen LogP contribution is 2.31. The highest BCUT2D eigenvalue weighted by molar-refractivity contribution is 6.36. The highest BCUT2D eigenvalue weighted by atomic mass is 35.5. The lowest BCUT2D eigenvalue weighted by molar-refractivity contribution is 0.645. The van der Waals surface area contributed by atoms with Gasteiger partial charge in [0.05, 0.1) is 5.02 Å². The van der Waals surface area contributed by atoms with Crippen molar-refractivity contribution in [2.75, 3.05) is 0 Å². The number of halogens is 1. The van der Waals surface area contributed by atoms with Gasteiger partial charge in [-0.2, -0.15) is 0 Å². The Hall–Kier alpha value is -0.990. The second kappa shape index (κ2) is 3.79. The minimum Gasteiger partial charge on any atom is -0.356 e. The second-order valence-corrected chi connectivity index (χ2v) is 5.04. The van der Waals surface area contributed by atoms with Crippen LogP contribution < -0.4 is 5.32 Å². The molecule has 1 aliphatic rings. The van der Waals surface area contributed by atoms with Gasteiger partial charge in [-0.25, -0.2) is 0 Å². The van der Waals surface area contributed by atoms with Gasteiger partial charge in [0.25, 0.3) is 0 Å². The molecule has 1 fully saturated rings. The molecule has 0 radical (unpaired) electrons. The molecular formula is C13H15ClN2. The first-order valence-electron chi connectivity index (χ1n) is 5.74. The topological polar surface area (TPSA) is 27.8 Å². The van der Waals surface area contributed by atoms with Gasteiger partial charge in [-0.3, -0.25) is 0 Å². The molecule has 0 saturated heterocycles. The summed E-state index contributed by atoms with van der Waals surface area (Å²) in [5, 5.41) is 5.48. The van der Waals surface area contributed by atoms with E-state index in [9.17, 15) is 0 Å². The third kappa shape index (κ3) is 1.72. The number of rotatable bonds is 3. The molecule has 2 atom stereocenters. The van der Waals surface area contributed by atoms with E-state index in [4.69, 9.17) is 11.6 Å². The summed E-state index contributed by atoms with van der Waals surface area (Å²) in [5.74, 6) is 0.822. The number of fused-ring (bicyclic) bond motifs is 1. The molecule has 2 unspecified atom stereocenters. The van der Waals surface area contributed by atoms with Gasteiger partial charge in [0.2, 0.25) is 0 Å². The van der Waals surface area contributed by atoms with E-state index in [1.54, 1.807) is 0 Å². The SMILES string of the molecule is CC1CC1NCc1[nH]c2ccccc2c1Cl. The Morgan fingerprint density at radius 1 is 1.44 bits per heavy atom. The van der Waals surface area contributed by atoms with E-state index in [0.717, 1.165) is 34.1 Å². The summed E-state index contributed by atoms with van der Waals surface area (Å²) < 4.78 is 0. The fourth-order valence-corrected chi connectivity index (χ4v) is 2.40. The van der Waals surface area contributed by atoms with Gasteiger partial charge in [-0.1, -0.05) is 36.7 Å². The summed E-state index contributed by atoms with van der Waals surface area (Å²) >= 11 is 6.33.